The van der Waals surface area contributed by atoms with Crippen LogP contribution in [0.3, 0.4) is 0 Å². The van der Waals surface area contributed by atoms with Crippen LogP contribution in [0.25, 0.3) is 0 Å². The third-order valence-electron chi connectivity index (χ3n) is 1.28. The zero-order valence-corrected chi connectivity index (χ0v) is 8.23. The summed E-state index contributed by atoms with van der Waals surface area (Å²) in [7, 11) is 1.83. The van der Waals surface area contributed by atoms with Gasteiger partial charge in [-0.15, -0.1) is 0 Å². The summed E-state index contributed by atoms with van der Waals surface area (Å²) in [6, 6.07) is 0. The molecule has 1 N–H and O–H groups in total. The van der Waals surface area contributed by atoms with E-state index in [9.17, 15) is 0 Å². The van der Waals surface area contributed by atoms with Crippen LogP contribution in [0.4, 0.5) is 0 Å². The van der Waals surface area contributed by atoms with Crippen LogP contribution in [0.5, 0.6) is 0 Å². The molecule has 0 radical (unpaired) electrons. The van der Waals surface area contributed by atoms with E-state index in [1.165, 1.54) is 5.55 Å². The second-order valence-corrected chi connectivity index (χ2v) is 3.76. The van der Waals surface area contributed by atoms with Crippen LogP contribution in [-0.2, 0) is 4.74 Å². The highest BCUT2D eigenvalue weighted by Gasteiger charge is 2.08. The summed E-state index contributed by atoms with van der Waals surface area (Å²) < 4.78 is 7.21. The summed E-state index contributed by atoms with van der Waals surface area (Å²) >= 11 is 0. The van der Waals surface area contributed by atoms with Gasteiger partial charge < -0.3 is 9.84 Å². The molecule has 1 aliphatic rings. The number of rotatable bonds is 0. The second-order valence-electron chi connectivity index (χ2n) is 1.88. The smallest absolute Gasteiger partial charge is 0.102 e. The van der Waals surface area contributed by atoms with Gasteiger partial charge in [0.25, 0.3) is 0 Å². The monoisotopic (exact) mass is 179 g/mol. The molecule has 0 spiro atoms. The molecule has 0 aromatic carbocycles. The lowest BCUT2D eigenvalue weighted by atomic mass is 10.7. The summed E-state index contributed by atoms with van der Waals surface area (Å²) in [5.41, 5.74) is 1.21. The fraction of sp³-hybridized carbons (Fsp3) is 0.857. The predicted molar refractivity (Wildman–Crippen MR) is 51.1 cm³/mol. The summed E-state index contributed by atoms with van der Waals surface area (Å²) in [6.07, 6.45) is 0. The maximum atomic E-state index is 8.63. The molecule has 0 aromatic heterocycles. The van der Waals surface area contributed by atoms with Gasteiger partial charge in [0.1, 0.15) is 5.94 Å². The van der Waals surface area contributed by atoms with E-state index < -0.39 is 0 Å². The van der Waals surface area contributed by atoms with Gasteiger partial charge in [-0.1, -0.05) is 24.5 Å². The molecule has 1 aliphatic heterocycles. The Morgan fingerprint density at radius 2 is 2.18 bits per heavy atom. The molecule has 1 heterocycles. The van der Waals surface area contributed by atoms with Crippen LogP contribution in [-0.4, -0.2) is 41.1 Å². The van der Waals surface area contributed by atoms with Crippen molar-refractivity contribution in [2.75, 3.05) is 26.1 Å². The van der Waals surface area contributed by atoms with Crippen LogP contribution in [0.15, 0.2) is 0 Å². The third-order valence-corrected chi connectivity index (χ3v) is 2.91. The zero-order chi connectivity index (χ0) is 8.69. The SMILES string of the molecule is CC.CN1CCOCS1=CO. The molecule has 1 rings (SSSR count). The maximum Gasteiger partial charge on any atom is 0.102 e. The minimum atomic E-state index is -0.155. The molecular formula is C7H17NO2S. The van der Waals surface area contributed by atoms with Crippen LogP contribution < -0.4 is 0 Å². The van der Waals surface area contributed by atoms with Gasteiger partial charge in [0.15, 0.2) is 0 Å². The van der Waals surface area contributed by atoms with Crippen molar-refractivity contribution >= 4 is 16.2 Å². The van der Waals surface area contributed by atoms with Crippen molar-refractivity contribution in [2.45, 2.75) is 13.8 Å². The molecule has 4 heteroatoms. The van der Waals surface area contributed by atoms with Gasteiger partial charge in [-0.3, -0.25) is 4.31 Å². The van der Waals surface area contributed by atoms with E-state index in [0.717, 1.165) is 13.2 Å². The highest BCUT2D eigenvalue weighted by molar-refractivity contribution is 8.12. The van der Waals surface area contributed by atoms with Gasteiger partial charge in [-0.2, -0.15) is 0 Å². The molecule has 0 bridgehead atoms. The Bertz CT molecular complexity index is 128. The molecule has 11 heavy (non-hydrogen) atoms. The van der Waals surface area contributed by atoms with Gasteiger partial charge in [-0.05, 0) is 7.05 Å². The second kappa shape index (κ2) is 6.79. The van der Waals surface area contributed by atoms with Crippen molar-refractivity contribution in [1.82, 2.24) is 4.31 Å². The van der Waals surface area contributed by atoms with E-state index in [-0.39, 0.29) is 10.7 Å². The number of ether oxygens (including phenoxy) is 1. The first-order valence-corrected chi connectivity index (χ1v) is 5.22. The molecule has 1 fully saturated rings. The Hall–Kier alpha value is 0.1000. The molecular weight excluding hydrogens is 162 g/mol. The Morgan fingerprint density at radius 3 is 2.55 bits per heavy atom. The van der Waals surface area contributed by atoms with E-state index in [2.05, 4.69) is 4.31 Å². The maximum absolute atomic E-state index is 8.63. The van der Waals surface area contributed by atoms with Crippen molar-refractivity contribution < 1.29 is 9.84 Å². The van der Waals surface area contributed by atoms with Gasteiger partial charge in [0, 0.05) is 6.54 Å². The van der Waals surface area contributed by atoms with Crippen molar-refractivity contribution in [3.05, 3.63) is 0 Å². The van der Waals surface area contributed by atoms with Crippen molar-refractivity contribution in [3.8, 4) is 0 Å². The van der Waals surface area contributed by atoms with Crippen molar-refractivity contribution in [2.24, 2.45) is 0 Å². The van der Waals surface area contributed by atoms with Crippen LogP contribution >= 0.6 is 10.7 Å². The minimum Gasteiger partial charge on any atom is -0.369 e. The van der Waals surface area contributed by atoms with Crippen LogP contribution in [0.1, 0.15) is 13.8 Å². The zero-order valence-electron chi connectivity index (χ0n) is 7.41. The Labute approximate surface area is 71.0 Å². The number of likely N-dealkylation sites (N-methyl/N-ethyl adjacent to an activating group) is 1. The fourth-order valence-corrected chi connectivity index (χ4v) is 1.65. The van der Waals surface area contributed by atoms with Crippen LogP contribution in [0, 0.1) is 0 Å². The molecule has 1 saturated heterocycles. The summed E-state index contributed by atoms with van der Waals surface area (Å²) in [4.78, 5) is 0. The van der Waals surface area contributed by atoms with Crippen LogP contribution in [0.2, 0.25) is 0 Å². The topological polar surface area (TPSA) is 32.7 Å². The molecule has 3 nitrogen and oxygen atoms in total. The number of aliphatic hydroxyl groups excluding tert-OH is 1. The Kier molecular flexibility index (Phi) is 6.85. The minimum absolute atomic E-state index is 0.155. The first-order chi connectivity index (χ1) is 5.34. The molecule has 1 unspecified atom stereocenters. The highest BCUT2D eigenvalue weighted by Crippen LogP contribution is 2.19. The lowest BCUT2D eigenvalue weighted by molar-refractivity contribution is 0.154. The standard InChI is InChI=1S/C5H11NO2S.C2H6/c1-6-2-3-8-5-9(6)4-7;1-2/h4,7H,2-3,5H2,1H3;1-2H3. The Morgan fingerprint density at radius 1 is 1.55 bits per heavy atom. The van der Waals surface area contributed by atoms with Crippen molar-refractivity contribution in [3.63, 3.8) is 0 Å². The average Bonchev–Trinajstić information content (AvgIpc) is 2.09. The molecule has 0 amide bonds. The van der Waals surface area contributed by atoms with E-state index in [1.54, 1.807) is 0 Å². The van der Waals surface area contributed by atoms with Gasteiger partial charge in [-0.25, -0.2) is 0 Å². The van der Waals surface area contributed by atoms with Gasteiger partial charge >= 0.3 is 0 Å². The fourth-order valence-electron chi connectivity index (χ4n) is 0.656. The third kappa shape index (κ3) is 3.86. The van der Waals surface area contributed by atoms with E-state index in [4.69, 9.17) is 9.84 Å². The quantitative estimate of drug-likeness (QED) is 0.571. The number of aliphatic hydroxyl groups is 1. The molecule has 0 saturated carbocycles. The summed E-state index contributed by atoms with van der Waals surface area (Å²) in [5, 5.41) is 8.63. The lowest BCUT2D eigenvalue weighted by Gasteiger charge is -2.25. The summed E-state index contributed by atoms with van der Waals surface area (Å²) in [6.45, 7) is 5.70. The predicted octanol–water partition coefficient (Wildman–Crippen LogP) is 1.43. The average molecular weight is 179 g/mol. The first-order valence-electron chi connectivity index (χ1n) is 3.81. The molecule has 0 aromatic rings. The molecule has 0 aliphatic carbocycles. The normalized spacial score (nSPS) is 26.0. The molecule has 68 valence electrons. The van der Waals surface area contributed by atoms with Gasteiger partial charge in [0.05, 0.1) is 12.2 Å². The molecule has 1 atom stereocenters. The number of nitrogens with zero attached hydrogens (tertiary/aromatic N) is 1. The first kappa shape index (κ1) is 11.1. The van der Waals surface area contributed by atoms with E-state index in [1.807, 2.05) is 20.9 Å². The van der Waals surface area contributed by atoms with Crippen molar-refractivity contribution in [1.29, 1.82) is 0 Å². The summed E-state index contributed by atoms with van der Waals surface area (Å²) in [5.74, 6) is 0.646. The number of hydrogen-bond donors (Lipinski definition) is 1. The van der Waals surface area contributed by atoms with E-state index >= 15 is 0 Å². The lowest BCUT2D eigenvalue weighted by Crippen LogP contribution is -2.25. The Balaban J connectivity index is 0.000000461. The number of hydrogen-bond acceptors (Lipinski definition) is 2. The highest BCUT2D eigenvalue weighted by atomic mass is 32.2. The van der Waals surface area contributed by atoms with E-state index in [0.29, 0.717) is 5.94 Å². The largest absolute Gasteiger partial charge is 0.369 e. The van der Waals surface area contributed by atoms with Gasteiger partial charge in [0.2, 0.25) is 0 Å².